The number of amides is 2. The quantitative estimate of drug-likeness (QED) is 0.774. The van der Waals surface area contributed by atoms with E-state index < -0.39 is 5.60 Å². The highest BCUT2D eigenvalue weighted by Crippen LogP contribution is 2.52. The van der Waals surface area contributed by atoms with Gasteiger partial charge in [-0.25, -0.2) is 0 Å². The zero-order valence-electron chi connectivity index (χ0n) is 19.6. The van der Waals surface area contributed by atoms with Gasteiger partial charge in [-0.3, -0.25) is 9.59 Å². The Kier molecular flexibility index (Phi) is 5.81. The number of piperazine rings is 1. The number of rotatable bonds is 3. The minimum absolute atomic E-state index is 0.0490. The number of carbonyl (C=O) groups is 2. The summed E-state index contributed by atoms with van der Waals surface area (Å²) in [5.41, 5.74) is 0.980. The first-order chi connectivity index (χ1) is 15.4. The van der Waals surface area contributed by atoms with Gasteiger partial charge in [-0.1, -0.05) is 26.0 Å². The van der Waals surface area contributed by atoms with Gasteiger partial charge in [0.15, 0.2) is 0 Å². The molecule has 5 rings (SSSR count). The topological polar surface area (TPSA) is 60.9 Å². The number of hydrogen-bond donors (Lipinski definition) is 1. The third kappa shape index (κ3) is 3.87. The molecule has 5 heteroatoms. The second-order valence-corrected chi connectivity index (χ2v) is 11.1. The van der Waals surface area contributed by atoms with Crippen molar-refractivity contribution in [1.29, 1.82) is 0 Å². The van der Waals surface area contributed by atoms with Crippen molar-refractivity contribution in [3.05, 3.63) is 35.4 Å². The van der Waals surface area contributed by atoms with Crippen molar-refractivity contribution in [2.24, 2.45) is 23.7 Å². The Bertz CT molecular complexity index is 854. The van der Waals surface area contributed by atoms with Crippen LogP contribution in [0.15, 0.2) is 24.3 Å². The standard InChI is InChI=1S/C27H38N2O3/c1-18-16-19(2)24-17-22(8-9-23(18)24)20-4-6-21(7-5-20)25(30)28-12-14-29(15-13-28)26(31)27(32)10-3-11-27/h4-7,18-19,22-24,32H,3,8-17H2,1-2H3. The van der Waals surface area contributed by atoms with Crippen molar-refractivity contribution in [3.63, 3.8) is 0 Å². The minimum Gasteiger partial charge on any atom is -0.380 e. The Morgan fingerprint density at radius 2 is 1.50 bits per heavy atom. The maximum atomic E-state index is 13.0. The van der Waals surface area contributed by atoms with Gasteiger partial charge in [-0.2, -0.15) is 0 Å². The molecule has 5 atom stereocenters. The van der Waals surface area contributed by atoms with E-state index in [2.05, 4.69) is 26.0 Å². The maximum absolute atomic E-state index is 13.0. The first-order valence-electron chi connectivity index (χ1n) is 12.8. The maximum Gasteiger partial charge on any atom is 0.254 e. The molecule has 5 nitrogen and oxygen atoms in total. The molecule has 0 bridgehead atoms. The Morgan fingerprint density at radius 1 is 0.875 bits per heavy atom. The van der Waals surface area contributed by atoms with Crippen LogP contribution in [0.3, 0.4) is 0 Å². The lowest BCUT2D eigenvalue weighted by Gasteiger charge is -2.42. The van der Waals surface area contributed by atoms with Gasteiger partial charge >= 0.3 is 0 Å². The van der Waals surface area contributed by atoms with Crippen molar-refractivity contribution in [1.82, 2.24) is 9.80 Å². The normalized spacial score (nSPS) is 34.0. The summed E-state index contributed by atoms with van der Waals surface area (Å²) < 4.78 is 0. The van der Waals surface area contributed by atoms with Gasteiger partial charge < -0.3 is 14.9 Å². The average molecular weight is 439 g/mol. The lowest BCUT2D eigenvalue weighted by atomic mass is 9.70. The number of benzene rings is 1. The summed E-state index contributed by atoms with van der Waals surface area (Å²) in [5.74, 6) is 4.02. The number of fused-ring (bicyclic) bond motifs is 1. The third-order valence-corrected chi connectivity index (χ3v) is 9.22. The van der Waals surface area contributed by atoms with E-state index in [0.29, 0.717) is 44.9 Å². The highest BCUT2D eigenvalue weighted by Gasteiger charge is 2.45. The average Bonchev–Trinajstić information content (AvgIpc) is 3.09. The Labute approximate surface area is 192 Å². The largest absolute Gasteiger partial charge is 0.380 e. The van der Waals surface area contributed by atoms with Crippen LogP contribution >= 0.6 is 0 Å². The minimum atomic E-state index is -1.14. The van der Waals surface area contributed by atoms with Crippen LogP contribution in [0.4, 0.5) is 0 Å². The summed E-state index contributed by atoms with van der Waals surface area (Å²) in [6, 6.07) is 8.35. The fourth-order valence-electron chi connectivity index (χ4n) is 7.04. The number of aliphatic hydroxyl groups is 1. The SMILES string of the molecule is CC1CC(C)C2CC(c3ccc(C(=O)N4CCN(C(=O)C5(O)CCC5)CC4)cc3)CCC12. The van der Waals surface area contributed by atoms with Crippen molar-refractivity contribution in [3.8, 4) is 0 Å². The number of carbonyl (C=O) groups excluding carboxylic acids is 2. The molecule has 1 aliphatic heterocycles. The van der Waals surface area contributed by atoms with Crippen LogP contribution in [0.25, 0.3) is 0 Å². The van der Waals surface area contributed by atoms with Crippen LogP contribution in [0.2, 0.25) is 0 Å². The van der Waals surface area contributed by atoms with Crippen molar-refractivity contribution in [2.75, 3.05) is 26.2 Å². The molecule has 0 radical (unpaired) electrons. The molecule has 0 aromatic heterocycles. The molecule has 0 spiro atoms. The Hall–Kier alpha value is -1.88. The first kappa shape index (κ1) is 21.9. The van der Waals surface area contributed by atoms with E-state index in [4.69, 9.17) is 0 Å². The Balaban J connectivity index is 1.17. The summed E-state index contributed by atoms with van der Waals surface area (Å²) in [7, 11) is 0. The van der Waals surface area contributed by atoms with Gasteiger partial charge in [0.05, 0.1) is 0 Å². The summed E-state index contributed by atoms with van der Waals surface area (Å²) in [6.07, 6.45) is 7.35. The molecule has 1 heterocycles. The molecule has 1 N–H and O–H groups in total. The van der Waals surface area contributed by atoms with Crippen LogP contribution in [0.5, 0.6) is 0 Å². The van der Waals surface area contributed by atoms with E-state index >= 15 is 0 Å². The first-order valence-corrected chi connectivity index (χ1v) is 12.8. The molecule has 2 amide bonds. The molecule has 1 aromatic carbocycles. The van der Waals surface area contributed by atoms with Gasteiger partial charge in [0.25, 0.3) is 11.8 Å². The van der Waals surface area contributed by atoms with E-state index in [-0.39, 0.29) is 11.8 Å². The fourth-order valence-corrected chi connectivity index (χ4v) is 7.04. The predicted molar refractivity (Wildman–Crippen MR) is 124 cm³/mol. The molecule has 3 aliphatic carbocycles. The summed E-state index contributed by atoms with van der Waals surface area (Å²) in [5, 5.41) is 10.3. The van der Waals surface area contributed by atoms with Crippen LogP contribution in [0, 0.1) is 23.7 Å². The zero-order chi connectivity index (χ0) is 22.5. The lowest BCUT2D eigenvalue weighted by molar-refractivity contribution is -0.161. The number of hydrogen-bond acceptors (Lipinski definition) is 3. The van der Waals surface area contributed by atoms with Gasteiger partial charge in [-0.05, 0) is 92.2 Å². The van der Waals surface area contributed by atoms with Gasteiger partial charge in [-0.15, -0.1) is 0 Å². The molecule has 1 saturated heterocycles. The predicted octanol–water partition coefficient (Wildman–Crippen LogP) is 4.06. The molecule has 4 aliphatic rings. The van der Waals surface area contributed by atoms with Gasteiger partial charge in [0.1, 0.15) is 5.60 Å². The van der Waals surface area contributed by atoms with Crippen LogP contribution in [0.1, 0.15) is 80.6 Å². The van der Waals surface area contributed by atoms with Gasteiger partial charge in [0.2, 0.25) is 0 Å². The monoisotopic (exact) mass is 438 g/mol. The molecular weight excluding hydrogens is 400 g/mol. The second kappa shape index (κ2) is 8.48. The smallest absolute Gasteiger partial charge is 0.254 e. The third-order valence-electron chi connectivity index (χ3n) is 9.22. The molecule has 3 saturated carbocycles. The highest BCUT2D eigenvalue weighted by molar-refractivity contribution is 5.94. The molecule has 174 valence electrons. The van der Waals surface area contributed by atoms with Crippen LogP contribution < -0.4 is 0 Å². The molecule has 4 fully saturated rings. The summed E-state index contributed by atoms with van der Waals surface area (Å²) >= 11 is 0. The summed E-state index contributed by atoms with van der Waals surface area (Å²) in [4.78, 5) is 29.1. The zero-order valence-corrected chi connectivity index (χ0v) is 19.6. The van der Waals surface area contributed by atoms with Crippen LogP contribution in [-0.2, 0) is 4.79 Å². The van der Waals surface area contributed by atoms with Crippen molar-refractivity contribution >= 4 is 11.8 Å². The van der Waals surface area contributed by atoms with E-state index in [0.717, 1.165) is 35.7 Å². The van der Waals surface area contributed by atoms with Crippen molar-refractivity contribution < 1.29 is 14.7 Å². The molecular formula is C27H38N2O3. The van der Waals surface area contributed by atoms with E-state index in [1.54, 1.807) is 4.90 Å². The Morgan fingerprint density at radius 3 is 2.12 bits per heavy atom. The van der Waals surface area contributed by atoms with E-state index in [1.165, 1.54) is 31.2 Å². The molecule has 32 heavy (non-hydrogen) atoms. The number of nitrogens with zero attached hydrogens (tertiary/aromatic N) is 2. The lowest BCUT2D eigenvalue weighted by Crippen LogP contribution is -2.58. The molecule has 5 unspecified atom stereocenters. The van der Waals surface area contributed by atoms with E-state index in [9.17, 15) is 14.7 Å². The highest BCUT2D eigenvalue weighted by atomic mass is 16.3. The fraction of sp³-hybridized carbons (Fsp3) is 0.704. The van der Waals surface area contributed by atoms with Crippen molar-refractivity contribution in [2.45, 2.75) is 70.3 Å². The summed E-state index contributed by atoms with van der Waals surface area (Å²) in [6.45, 7) is 6.95. The van der Waals surface area contributed by atoms with Crippen LogP contribution in [-0.4, -0.2) is 58.5 Å². The molecule has 1 aromatic rings. The second-order valence-electron chi connectivity index (χ2n) is 11.1. The van der Waals surface area contributed by atoms with Gasteiger partial charge in [0, 0.05) is 31.7 Å². The van der Waals surface area contributed by atoms with E-state index in [1.807, 2.05) is 17.0 Å².